The van der Waals surface area contributed by atoms with Gasteiger partial charge < -0.3 is 4.90 Å². The molecular weight excluding hydrogens is 290 g/mol. The number of carbonyl (C=O) groups is 2. The molecule has 1 aromatic heterocycles. The van der Waals surface area contributed by atoms with Crippen LogP contribution in [0, 0.1) is 5.41 Å². The number of piperidine rings is 2. The van der Waals surface area contributed by atoms with E-state index in [9.17, 15) is 9.59 Å². The number of rotatable bonds is 4. The second-order valence-corrected chi connectivity index (χ2v) is 6.83. The second-order valence-electron chi connectivity index (χ2n) is 6.83. The number of amides is 2. The Balaban J connectivity index is 1.52. The van der Waals surface area contributed by atoms with Gasteiger partial charge in [-0.15, -0.1) is 0 Å². The van der Waals surface area contributed by atoms with Crippen molar-refractivity contribution in [2.24, 2.45) is 5.41 Å². The van der Waals surface area contributed by atoms with Crippen LogP contribution in [0.4, 0.5) is 0 Å². The standard InChI is InChI=1S/C18H25N3O2/c1-2-21-16(22)13-18(14-17(21)23)6-11-20(12-7-18)10-5-15-3-8-19-9-4-15/h3-4,8-9H,2,5-7,10-14H2,1H3. The van der Waals surface area contributed by atoms with Gasteiger partial charge in [0.2, 0.25) is 11.8 Å². The van der Waals surface area contributed by atoms with Gasteiger partial charge in [-0.05, 0) is 62.4 Å². The molecular formula is C18H25N3O2. The molecule has 2 fully saturated rings. The number of hydrogen-bond donors (Lipinski definition) is 0. The molecule has 0 radical (unpaired) electrons. The van der Waals surface area contributed by atoms with E-state index in [0.29, 0.717) is 19.4 Å². The normalized spacial score (nSPS) is 21.9. The van der Waals surface area contributed by atoms with Gasteiger partial charge in [0.1, 0.15) is 0 Å². The highest BCUT2D eigenvalue weighted by Crippen LogP contribution is 2.42. The lowest BCUT2D eigenvalue weighted by atomic mass is 9.70. The van der Waals surface area contributed by atoms with Crippen LogP contribution in [0.1, 0.15) is 38.2 Å². The van der Waals surface area contributed by atoms with Gasteiger partial charge in [-0.2, -0.15) is 0 Å². The first kappa shape index (κ1) is 16.1. The van der Waals surface area contributed by atoms with E-state index in [0.717, 1.165) is 38.9 Å². The third kappa shape index (κ3) is 3.61. The van der Waals surface area contributed by atoms with Crippen LogP contribution >= 0.6 is 0 Å². The van der Waals surface area contributed by atoms with E-state index in [4.69, 9.17) is 0 Å². The molecule has 1 aromatic rings. The highest BCUT2D eigenvalue weighted by Gasteiger charge is 2.44. The molecule has 0 aliphatic carbocycles. The van der Waals surface area contributed by atoms with Crippen LogP contribution in [0.15, 0.2) is 24.5 Å². The summed E-state index contributed by atoms with van der Waals surface area (Å²) in [5, 5.41) is 0. The van der Waals surface area contributed by atoms with Gasteiger partial charge in [0, 0.05) is 38.3 Å². The van der Waals surface area contributed by atoms with Crippen molar-refractivity contribution < 1.29 is 9.59 Å². The van der Waals surface area contributed by atoms with Crippen molar-refractivity contribution in [1.82, 2.24) is 14.8 Å². The second kappa shape index (κ2) is 6.79. The quantitative estimate of drug-likeness (QED) is 0.796. The fourth-order valence-corrected chi connectivity index (χ4v) is 3.83. The Morgan fingerprint density at radius 2 is 1.70 bits per heavy atom. The summed E-state index contributed by atoms with van der Waals surface area (Å²) in [5.41, 5.74) is 1.23. The van der Waals surface area contributed by atoms with Crippen molar-refractivity contribution >= 4 is 11.8 Å². The first-order valence-corrected chi connectivity index (χ1v) is 8.56. The zero-order valence-corrected chi connectivity index (χ0v) is 13.8. The molecule has 124 valence electrons. The van der Waals surface area contributed by atoms with Gasteiger partial charge >= 0.3 is 0 Å². The Morgan fingerprint density at radius 3 is 2.26 bits per heavy atom. The van der Waals surface area contributed by atoms with Crippen LogP contribution < -0.4 is 0 Å². The van der Waals surface area contributed by atoms with Crippen molar-refractivity contribution in [3.05, 3.63) is 30.1 Å². The third-order valence-electron chi connectivity index (χ3n) is 5.35. The zero-order valence-electron chi connectivity index (χ0n) is 13.8. The van der Waals surface area contributed by atoms with E-state index in [-0.39, 0.29) is 17.2 Å². The van der Waals surface area contributed by atoms with Gasteiger partial charge in [-0.25, -0.2) is 0 Å². The zero-order chi connectivity index (χ0) is 16.3. The number of aromatic nitrogens is 1. The van der Waals surface area contributed by atoms with Gasteiger partial charge in [-0.1, -0.05) is 0 Å². The fourth-order valence-electron chi connectivity index (χ4n) is 3.83. The lowest BCUT2D eigenvalue weighted by Crippen LogP contribution is -2.51. The summed E-state index contributed by atoms with van der Waals surface area (Å²) in [6.07, 6.45) is 7.70. The summed E-state index contributed by atoms with van der Waals surface area (Å²) in [5.74, 6) is 0.0444. The molecule has 0 N–H and O–H groups in total. The molecule has 1 spiro atoms. The van der Waals surface area contributed by atoms with E-state index in [1.165, 1.54) is 10.5 Å². The molecule has 3 rings (SSSR count). The monoisotopic (exact) mass is 315 g/mol. The van der Waals surface area contributed by atoms with Gasteiger partial charge in [0.25, 0.3) is 0 Å². The van der Waals surface area contributed by atoms with Crippen LogP contribution in [0.3, 0.4) is 0 Å². The minimum absolute atomic E-state index is 0.0222. The Kier molecular flexibility index (Phi) is 4.76. The number of imide groups is 1. The average molecular weight is 315 g/mol. The number of carbonyl (C=O) groups excluding carboxylic acids is 2. The summed E-state index contributed by atoms with van der Waals surface area (Å²) >= 11 is 0. The number of hydrogen-bond acceptors (Lipinski definition) is 4. The molecule has 2 aliphatic rings. The summed E-state index contributed by atoms with van der Waals surface area (Å²) in [4.78, 5) is 32.3. The fraction of sp³-hybridized carbons (Fsp3) is 0.611. The van der Waals surface area contributed by atoms with Crippen molar-refractivity contribution in [2.45, 2.75) is 39.0 Å². The topological polar surface area (TPSA) is 53.5 Å². The third-order valence-corrected chi connectivity index (χ3v) is 5.35. The lowest BCUT2D eigenvalue weighted by molar-refractivity contribution is -0.154. The molecule has 0 unspecified atom stereocenters. The van der Waals surface area contributed by atoms with Crippen molar-refractivity contribution in [2.75, 3.05) is 26.2 Å². The smallest absolute Gasteiger partial charge is 0.229 e. The van der Waals surface area contributed by atoms with E-state index < -0.39 is 0 Å². The molecule has 3 heterocycles. The molecule has 5 heteroatoms. The van der Waals surface area contributed by atoms with Crippen molar-refractivity contribution in [3.63, 3.8) is 0 Å². The van der Waals surface area contributed by atoms with Crippen molar-refractivity contribution in [3.8, 4) is 0 Å². The molecule has 2 aliphatic heterocycles. The van der Waals surface area contributed by atoms with Gasteiger partial charge in [0.15, 0.2) is 0 Å². The highest BCUT2D eigenvalue weighted by molar-refractivity contribution is 5.98. The molecule has 0 aromatic carbocycles. The Morgan fingerprint density at radius 1 is 1.09 bits per heavy atom. The van der Waals surface area contributed by atoms with Gasteiger partial charge in [-0.3, -0.25) is 19.5 Å². The molecule has 0 atom stereocenters. The molecule has 5 nitrogen and oxygen atoms in total. The highest BCUT2D eigenvalue weighted by atomic mass is 16.2. The summed E-state index contributed by atoms with van der Waals surface area (Å²) in [6, 6.07) is 4.12. The molecule has 2 amide bonds. The molecule has 23 heavy (non-hydrogen) atoms. The Bertz CT molecular complexity index is 545. The number of nitrogens with zero attached hydrogens (tertiary/aromatic N) is 3. The van der Waals surface area contributed by atoms with E-state index in [1.54, 1.807) is 0 Å². The first-order chi connectivity index (χ1) is 11.1. The summed E-state index contributed by atoms with van der Waals surface area (Å²) < 4.78 is 0. The Hall–Kier alpha value is -1.75. The molecule has 0 saturated carbocycles. The summed E-state index contributed by atoms with van der Waals surface area (Å²) in [7, 11) is 0. The van der Waals surface area contributed by atoms with Crippen LogP contribution in [0.2, 0.25) is 0 Å². The predicted molar refractivity (Wildman–Crippen MR) is 87.7 cm³/mol. The summed E-state index contributed by atoms with van der Waals surface area (Å²) in [6.45, 7) is 5.37. The predicted octanol–water partition coefficient (Wildman–Crippen LogP) is 1.88. The Labute approximate surface area is 137 Å². The maximum atomic E-state index is 12.2. The SMILES string of the molecule is CCN1C(=O)CC2(CCN(CCc3ccncc3)CC2)CC1=O. The number of likely N-dealkylation sites (tertiary alicyclic amines) is 2. The minimum atomic E-state index is -0.0764. The average Bonchev–Trinajstić information content (AvgIpc) is 2.55. The maximum Gasteiger partial charge on any atom is 0.229 e. The van der Waals surface area contributed by atoms with E-state index >= 15 is 0 Å². The lowest BCUT2D eigenvalue weighted by Gasteiger charge is -2.45. The van der Waals surface area contributed by atoms with Crippen LogP contribution in [0.5, 0.6) is 0 Å². The maximum absolute atomic E-state index is 12.2. The van der Waals surface area contributed by atoms with Crippen molar-refractivity contribution in [1.29, 1.82) is 0 Å². The van der Waals surface area contributed by atoms with Crippen LogP contribution in [-0.2, 0) is 16.0 Å². The minimum Gasteiger partial charge on any atom is -0.303 e. The molecule has 0 bridgehead atoms. The van der Waals surface area contributed by atoms with E-state index in [1.807, 2.05) is 19.3 Å². The van der Waals surface area contributed by atoms with Crippen LogP contribution in [-0.4, -0.2) is 52.8 Å². The molecule has 2 saturated heterocycles. The largest absolute Gasteiger partial charge is 0.303 e. The van der Waals surface area contributed by atoms with E-state index in [2.05, 4.69) is 22.0 Å². The first-order valence-electron chi connectivity index (χ1n) is 8.56. The number of pyridine rings is 1. The van der Waals surface area contributed by atoms with Gasteiger partial charge in [0.05, 0.1) is 0 Å². The van der Waals surface area contributed by atoms with Crippen LogP contribution in [0.25, 0.3) is 0 Å².